The van der Waals surface area contributed by atoms with Gasteiger partial charge in [0.15, 0.2) is 0 Å². The van der Waals surface area contributed by atoms with Crippen LogP contribution >= 0.6 is 0 Å². The number of hydrogen-bond acceptors (Lipinski definition) is 4. The second-order valence-corrected chi connectivity index (χ2v) is 6.91. The van der Waals surface area contributed by atoms with Crippen LogP contribution in [-0.2, 0) is 11.3 Å². The summed E-state index contributed by atoms with van der Waals surface area (Å²) >= 11 is 0. The minimum atomic E-state index is -0.00441. The number of nitrogens with zero attached hydrogens (tertiary/aromatic N) is 2. The Morgan fingerprint density at radius 2 is 1.91 bits per heavy atom. The molecule has 1 aromatic rings. The summed E-state index contributed by atoms with van der Waals surface area (Å²) in [5, 5.41) is 2.82. The summed E-state index contributed by atoms with van der Waals surface area (Å²) in [6, 6.07) is 1.96. The second kappa shape index (κ2) is 6.87. The number of nitrogens with one attached hydrogen (secondary N) is 1. The van der Waals surface area contributed by atoms with Crippen molar-refractivity contribution >= 4 is 11.7 Å². The molecular formula is C18H27N3O2. The minimum absolute atomic E-state index is 0.00441. The molecule has 0 unspecified atom stereocenters. The predicted molar refractivity (Wildman–Crippen MR) is 90.8 cm³/mol. The Balaban J connectivity index is 0.000000341. The van der Waals surface area contributed by atoms with Gasteiger partial charge in [0, 0.05) is 20.2 Å². The summed E-state index contributed by atoms with van der Waals surface area (Å²) in [6.45, 7) is 6.78. The summed E-state index contributed by atoms with van der Waals surface area (Å²) in [7, 11) is 1.77. The molecule has 0 spiro atoms. The average Bonchev–Trinajstić information content (AvgIpc) is 3.28. The molecule has 1 aliphatic carbocycles. The largest absolute Gasteiger partial charge is 0.381 e. The number of piperidine rings is 1. The standard InChI is InChI=1S/C14H19N3O2.C4H8/c1-9-7-11-12(8-15-14(11)18)16-13(9)17-5-3-10(19-2)4-6-17;1-4-2-3-4/h7,10H,3-6,8H2,1-2H3,(H,15,18);4H,2-3H2,1H3. The number of aromatic nitrogens is 1. The number of fused-ring (bicyclic) bond motifs is 1. The summed E-state index contributed by atoms with van der Waals surface area (Å²) < 4.78 is 5.39. The summed E-state index contributed by atoms with van der Waals surface area (Å²) in [6.07, 6.45) is 5.41. The Hall–Kier alpha value is -1.62. The van der Waals surface area contributed by atoms with E-state index in [1.807, 2.05) is 13.0 Å². The van der Waals surface area contributed by atoms with Crippen LogP contribution in [0.3, 0.4) is 0 Å². The highest BCUT2D eigenvalue weighted by atomic mass is 16.5. The molecule has 5 nitrogen and oxygen atoms in total. The van der Waals surface area contributed by atoms with Crippen LogP contribution in [0, 0.1) is 12.8 Å². The van der Waals surface area contributed by atoms with Crippen molar-refractivity contribution in [3.05, 3.63) is 22.9 Å². The van der Waals surface area contributed by atoms with Gasteiger partial charge in [-0.05, 0) is 37.3 Å². The Labute approximate surface area is 138 Å². The first-order valence-electron chi connectivity index (χ1n) is 8.65. The van der Waals surface area contributed by atoms with Gasteiger partial charge in [0.2, 0.25) is 0 Å². The van der Waals surface area contributed by atoms with Crippen molar-refractivity contribution < 1.29 is 9.53 Å². The van der Waals surface area contributed by atoms with Gasteiger partial charge in [-0.3, -0.25) is 4.79 Å². The van der Waals surface area contributed by atoms with Gasteiger partial charge in [0.05, 0.1) is 23.9 Å². The molecule has 126 valence electrons. The van der Waals surface area contributed by atoms with E-state index in [0.717, 1.165) is 54.5 Å². The molecular weight excluding hydrogens is 290 g/mol. The number of amides is 1. The van der Waals surface area contributed by atoms with Gasteiger partial charge in [0.1, 0.15) is 5.82 Å². The van der Waals surface area contributed by atoms with Crippen LogP contribution < -0.4 is 10.2 Å². The molecule has 0 bridgehead atoms. The van der Waals surface area contributed by atoms with E-state index in [1.165, 1.54) is 12.8 Å². The third-order valence-corrected chi connectivity index (χ3v) is 4.87. The quantitative estimate of drug-likeness (QED) is 0.911. The fraction of sp³-hybridized carbons (Fsp3) is 0.667. The van der Waals surface area contributed by atoms with Crippen LogP contribution in [0.25, 0.3) is 0 Å². The monoisotopic (exact) mass is 317 g/mol. The average molecular weight is 317 g/mol. The fourth-order valence-corrected chi connectivity index (χ4v) is 3.02. The van der Waals surface area contributed by atoms with Crippen LogP contribution in [0.4, 0.5) is 5.82 Å². The molecule has 4 rings (SSSR count). The van der Waals surface area contributed by atoms with Crippen molar-refractivity contribution in [1.82, 2.24) is 10.3 Å². The number of carbonyl (C=O) groups excluding carboxylic acids is 1. The van der Waals surface area contributed by atoms with Gasteiger partial charge in [0.25, 0.3) is 5.91 Å². The van der Waals surface area contributed by atoms with Crippen molar-refractivity contribution in [1.29, 1.82) is 0 Å². The number of aryl methyl sites for hydroxylation is 1. The van der Waals surface area contributed by atoms with Gasteiger partial charge in [-0.2, -0.15) is 0 Å². The molecule has 1 aromatic heterocycles. The SMILES string of the molecule is CC1CC1.COC1CCN(c2nc3c(cc2C)C(=O)NC3)CC1. The predicted octanol–water partition coefficient (Wildman–Crippen LogP) is 2.66. The molecule has 0 aromatic carbocycles. The first-order chi connectivity index (χ1) is 11.1. The number of carbonyl (C=O) groups is 1. The third kappa shape index (κ3) is 3.83. The van der Waals surface area contributed by atoms with E-state index < -0.39 is 0 Å². The van der Waals surface area contributed by atoms with Crippen molar-refractivity contribution in [2.24, 2.45) is 5.92 Å². The van der Waals surface area contributed by atoms with Gasteiger partial charge < -0.3 is 15.0 Å². The Morgan fingerprint density at radius 3 is 2.48 bits per heavy atom. The van der Waals surface area contributed by atoms with Crippen molar-refractivity contribution in [2.45, 2.75) is 52.2 Å². The number of anilines is 1. The van der Waals surface area contributed by atoms with Crippen LogP contribution in [0.1, 0.15) is 54.2 Å². The lowest BCUT2D eigenvalue weighted by molar-refractivity contribution is 0.0817. The lowest BCUT2D eigenvalue weighted by Gasteiger charge is -2.33. The Kier molecular flexibility index (Phi) is 4.85. The van der Waals surface area contributed by atoms with E-state index in [0.29, 0.717) is 12.6 Å². The van der Waals surface area contributed by atoms with Crippen molar-refractivity contribution in [3.8, 4) is 0 Å². The molecule has 1 amide bonds. The fourth-order valence-electron chi connectivity index (χ4n) is 3.02. The topological polar surface area (TPSA) is 54.5 Å². The zero-order valence-corrected chi connectivity index (χ0v) is 14.4. The second-order valence-electron chi connectivity index (χ2n) is 6.91. The van der Waals surface area contributed by atoms with E-state index >= 15 is 0 Å². The number of methoxy groups -OCH3 is 1. The molecule has 2 fully saturated rings. The van der Waals surface area contributed by atoms with Crippen molar-refractivity contribution in [3.63, 3.8) is 0 Å². The van der Waals surface area contributed by atoms with Crippen LogP contribution in [-0.4, -0.2) is 37.2 Å². The summed E-state index contributed by atoms with van der Waals surface area (Å²) in [5.74, 6) is 2.10. The van der Waals surface area contributed by atoms with Gasteiger partial charge >= 0.3 is 0 Å². The van der Waals surface area contributed by atoms with Crippen LogP contribution in [0.5, 0.6) is 0 Å². The highest BCUT2D eigenvalue weighted by Crippen LogP contribution is 2.27. The zero-order chi connectivity index (χ0) is 16.4. The number of ether oxygens (including phenoxy) is 1. The van der Waals surface area contributed by atoms with E-state index in [4.69, 9.17) is 4.74 Å². The summed E-state index contributed by atoms with van der Waals surface area (Å²) in [5.41, 5.74) is 2.68. The minimum Gasteiger partial charge on any atom is -0.381 e. The molecule has 2 aliphatic heterocycles. The molecule has 23 heavy (non-hydrogen) atoms. The number of pyridine rings is 1. The first-order valence-corrected chi connectivity index (χ1v) is 8.65. The van der Waals surface area contributed by atoms with Crippen molar-refractivity contribution in [2.75, 3.05) is 25.1 Å². The number of rotatable bonds is 2. The van der Waals surface area contributed by atoms with E-state index in [9.17, 15) is 4.79 Å². The highest BCUT2D eigenvalue weighted by Gasteiger charge is 2.25. The van der Waals surface area contributed by atoms with Gasteiger partial charge in [-0.15, -0.1) is 0 Å². The Morgan fingerprint density at radius 1 is 1.26 bits per heavy atom. The van der Waals surface area contributed by atoms with E-state index in [2.05, 4.69) is 22.1 Å². The lowest BCUT2D eigenvalue weighted by atomic mass is 10.1. The maximum absolute atomic E-state index is 11.6. The molecule has 1 N–H and O–H groups in total. The maximum atomic E-state index is 11.6. The molecule has 3 aliphatic rings. The lowest BCUT2D eigenvalue weighted by Crippen LogP contribution is -2.37. The zero-order valence-electron chi connectivity index (χ0n) is 14.4. The first kappa shape index (κ1) is 16.2. The third-order valence-electron chi connectivity index (χ3n) is 4.87. The van der Waals surface area contributed by atoms with Gasteiger partial charge in [-0.1, -0.05) is 19.8 Å². The van der Waals surface area contributed by atoms with Gasteiger partial charge in [-0.25, -0.2) is 4.98 Å². The summed E-state index contributed by atoms with van der Waals surface area (Å²) in [4.78, 5) is 18.6. The van der Waals surface area contributed by atoms with Crippen LogP contribution in [0.2, 0.25) is 0 Å². The Bertz CT molecular complexity index is 576. The molecule has 3 heterocycles. The molecule has 5 heteroatoms. The maximum Gasteiger partial charge on any atom is 0.253 e. The molecule has 0 atom stereocenters. The normalized spacial score (nSPS) is 20.7. The smallest absolute Gasteiger partial charge is 0.253 e. The van der Waals surface area contributed by atoms with Crippen LogP contribution in [0.15, 0.2) is 6.07 Å². The molecule has 1 saturated heterocycles. The number of hydrogen-bond donors (Lipinski definition) is 1. The molecule has 0 radical (unpaired) electrons. The highest BCUT2D eigenvalue weighted by molar-refractivity contribution is 5.98. The molecule has 1 saturated carbocycles. The van der Waals surface area contributed by atoms with E-state index in [-0.39, 0.29) is 5.91 Å². The van der Waals surface area contributed by atoms with E-state index in [1.54, 1.807) is 7.11 Å².